The lowest BCUT2D eigenvalue weighted by Crippen LogP contribution is -2.54. The lowest BCUT2D eigenvalue weighted by molar-refractivity contribution is -0.136. The van der Waals surface area contributed by atoms with Crippen molar-refractivity contribution in [3.8, 4) is 0 Å². The monoisotopic (exact) mass is 333 g/mol. The van der Waals surface area contributed by atoms with Crippen LogP contribution >= 0.6 is 11.6 Å². The van der Waals surface area contributed by atoms with Crippen molar-refractivity contribution in [2.45, 2.75) is 38.2 Å². The Kier molecular flexibility index (Phi) is 2.66. The van der Waals surface area contributed by atoms with Crippen LogP contribution in [-0.4, -0.2) is 28.9 Å². The molecule has 2 aliphatic carbocycles. The fraction of sp³-hybridized carbons (Fsp3) is 0.611. The number of ether oxygens (including phenoxy) is 1. The number of rotatable bonds is 2. The summed E-state index contributed by atoms with van der Waals surface area (Å²) in [6.45, 7) is 4.23. The van der Waals surface area contributed by atoms with Crippen molar-refractivity contribution in [2.75, 3.05) is 4.90 Å². The zero-order valence-electron chi connectivity index (χ0n) is 13.1. The molecule has 2 aliphatic heterocycles. The molecule has 0 spiro atoms. The molecule has 1 N–H and O–H groups in total. The lowest BCUT2D eigenvalue weighted by atomic mass is 9.74. The molecular weight excluding hydrogens is 314 g/mol. The molecule has 2 saturated carbocycles. The molecule has 1 aromatic rings. The molecule has 7 atom stereocenters. The number of aliphatic hydroxyl groups excluding tert-OH is 1. The van der Waals surface area contributed by atoms with E-state index in [-0.39, 0.29) is 35.7 Å². The molecule has 0 radical (unpaired) electrons. The second-order valence-corrected chi connectivity index (χ2v) is 8.18. The number of amides is 1. The number of benzene rings is 1. The number of hydrogen-bond acceptors (Lipinski definition) is 3. The molecule has 23 heavy (non-hydrogen) atoms. The smallest absolute Gasteiger partial charge is 0.233 e. The van der Waals surface area contributed by atoms with Crippen molar-refractivity contribution in [2.24, 2.45) is 29.6 Å². The van der Waals surface area contributed by atoms with Crippen molar-refractivity contribution >= 4 is 23.2 Å². The van der Waals surface area contributed by atoms with E-state index >= 15 is 0 Å². The number of nitrogens with zero attached hydrogens (tertiary/aromatic N) is 1. The molecule has 5 heteroatoms. The molecule has 2 bridgehead atoms. The largest absolute Gasteiger partial charge is 0.390 e. The predicted molar refractivity (Wildman–Crippen MR) is 86.0 cm³/mol. The minimum Gasteiger partial charge on any atom is -0.390 e. The summed E-state index contributed by atoms with van der Waals surface area (Å²) in [6, 6.07) is 7.41. The van der Waals surface area contributed by atoms with Gasteiger partial charge in [0.25, 0.3) is 0 Å². The van der Waals surface area contributed by atoms with E-state index in [0.717, 1.165) is 12.1 Å². The van der Waals surface area contributed by atoms with Crippen LogP contribution in [0.15, 0.2) is 24.3 Å². The first kappa shape index (κ1) is 14.3. The second kappa shape index (κ2) is 4.29. The molecule has 1 amide bonds. The number of anilines is 1. The second-order valence-electron chi connectivity index (χ2n) is 7.74. The molecule has 122 valence electrons. The highest BCUT2D eigenvalue weighted by Gasteiger charge is 2.79. The van der Waals surface area contributed by atoms with E-state index in [2.05, 4.69) is 13.8 Å². The highest BCUT2D eigenvalue weighted by Crippen LogP contribution is 2.69. The fourth-order valence-electron chi connectivity index (χ4n) is 5.90. The minimum atomic E-state index is -0.628. The average Bonchev–Trinajstić information content (AvgIpc) is 3.17. The molecular formula is C18H20ClNO3. The number of halogens is 1. The third kappa shape index (κ3) is 1.44. The van der Waals surface area contributed by atoms with Crippen LogP contribution in [0.25, 0.3) is 0 Å². The quantitative estimate of drug-likeness (QED) is 0.905. The van der Waals surface area contributed by atoms with Gasteiger partial charge in [-0.05, 0) is 42.5 Å². The standard InChI is InChI=1S/C18H20ClNO3/c1-8(2)18-14-12-7-11(15(21)16(12)23-18)13(14)17(22)20(18)10-5-3-9(19)4-6-10/h3-6,8,11-16,21H,7H2,1-2H3/t11-,12-,13-,14-,15+,16-,18-/m0/s1. The van der Waals surface area contributed by atoms with Gasteiger partial charge in [0.1, 0.15) is 0 Å². The van der Waals surface area contributed by atoms with Gasteiger partial charge in [-0.2, -0.15) is 0 Å². The summed E-state index contributed by atoms with van der Waals surface area (Å²) in [5.74, 6) is 0.726. The van der Waals surface area contributed by atoms with Crippen molar-refractivity contribution in [3.63, 3.8) is 0 Å². The highest BCUT2D eigenvalue weighted by molar-refractivity contribution is 6.30. The first-order chi connectivity index (χ1) is 11.0. The summed E-state index contributed by atoms with van der Waals surface area (Å²) < 4.78 is 6.48. The Morgan fingerprint density at radius 3 is 2.65 bits per heavy atom. The van der Waals surface area contributed by atoms with Crippen LogP contribution in [0.5, 0.6) is 0 Å². The molecule has 1 aromatic carbocycles. The Morgan fingerprint density at radius 1 is 1.30 bits per heavy atom. The SMILES string of the molecule is CC(C)[C@]12O[C@@H]3[C@H](O)[C@H]4C[C@H]3[C@H]1[C@H]4C(=O)N2c1ccc(Cl)cc1. The Morgan fingerprint density at radius 2 is 2.00 bits per heavy atom. The van der Waals surface area contributed by atoms with Gasteiger partial charge in [0, 0.05) is 22.5 Å². The van der Waals surface area contributed by atoms with E-state index in [1.807, 2.05) is 29.2 Å². The van der Waals surface area contributed by atoms with Crippen molar-refractivity contribution < 1.29 is 14.6 Å². The molecule has 2 heterocycles. The maximum Gasteiger partial charge on any atom is 0.233 e. The maximum atomic E-state index is 13.3. The van der Waals surface area contributed by atoms with Crippen molar-refractivity contribution in [1.82, 2.24) is 0 Å². The summed E-state index contributed by atoms with van der Waals surface area (Å²) in [4.78, 5) is 15.1. The van der Waals surface area contributed by atoms with E-state index in [4.69, 9.17) is 16.3 Å². The molecule has 4 fully saturated rings. The van der Waals surface area contributed by atoms with Gasteiger partial charge in [0.05, 0.1) is 18.1 Å². The van der Waals surface area contributed by atoms with Crippen LogP contribution in [0.2, 0.25) is 5.02 Å². The van der Waals surface area contributed by atoms with Crippen molar-refractivity contribution in [3.05, 3.63) is 29.3 Å². The Balaban J connectivity index is 1.69. The van der Waals surface area contributed by atoms with Gasteiger partial charge < -0.3 is 9.84 Å². The molecule has 2 saturated heterocycles. The van der Waals surface area contributed by atoms with E-state index < -0.39 is 11.8 Å². The minimum absolute atomic E-state index is 0.0559. The van der Waals surface area contributed by atoms with Crippen LogP contribution < -0.4 is 4.90 Å². The third-order valence-corrected chi connectivity index (χ3v) is 6.87. The number of carbonyl (C=O) groups is 1. The summed E-state index contributed by atoms with van der Waals surface area (Å²) in [7, 11) is 0. The fourth-order valence-corrected chi connectivity index (χ4v) is 6.03. The van der Waals surface area contributed by atoms with Crippen LogP contribution in [-0.2, 0) is 9.53 Å². The number of fused-ring (bicyclic) bond motifs is 2. The normalized spacial score (nSPS) is 46.5. The van der Waals surface area contributed by atoms with E-state index in [9.17, 15) is 9.90 Å². The van der Waals surface area contributed by atoms with Crippen LogP contribution in [0, 0.1) is 29.6 Å². The summed E-state index contributed by atoms with van der Waals surface area (Å²) in [6.07, 6.45) is 0.320. The Hall–Kier alpha value is -1.10. The highest BCUT2D eigenvalue weighted by atomic mass is 35.5. The van der Waals surface area contributed by atoms with Gasteiger partial charge in [-0.15, -0.1) is 0 Å². The van der Waals surface area contributed by atoms with E-state index in [1.54, 1.807) is 0 Å². The van der Waals surface area contributed by atoms with Gasteiger partial charge in [-0.25, -0.2) is 0 Å². The average molecular weight is 334 g/mol. The Bertz CT molecular complexity index is 690. The number of hydrogen-bond donors (Lipinski definition) is 1. The van der Waals surface area contributed by atoms with Gasteiger partial charge in [-0.1, -0.05) is 25.4 Å². The van der Waals surface area contributed by atoms with Gasteiger partial charge in [-0.3, -0.25) is 9.69 Å². The first-order valence-electron chi connectivity index (χ1n) is 8.42. The molecule has 0 aromatic heterocycles. The van der Waals surface area contributed by atoms with Gasteiger partial charge >= 0.3 is 0 Å². The van der Waals surface area contributed by atoms with E-state index in [1.165, 1.54) is 0 Å². The van der Waals surface area contributed by atoms with Crippen molar-refractivity contribution in [1.29, 1.82) is 0 Å². The summed E-state index contributed by atoms with van der Waals surface area (Å²) >= 11 is 6.01. The topological polar surface area (TPSA) is 49.8 Å². The van der Waals surface area contributed by atoms with Crippen LogP contribution in [0.4, 0.5) is 5.69 Å². The molecule has 4 aliphatic rings. The van der Waals surface area contributed by atoms with Gasteiger partial charge in [0.2, 0.25) is 5.91 Å². The zero-order chi connectivity index (χ0) is 16.1. The van der Waals surface area contributed by atoms with Gasteiger partial charge in [0.15, 0.2) is 5.72 Å². The van der Waals surface area contributed by atoms with Crippen LogP contribution in [0.3, 0.4) is 0 Å². The van der Waals surface area contributed by atoms with Crippen LogP contribution in [0.1, 0.15) is 20.3 Å². The Labute approximate surface area is 140 Å². The predicted octanol–water partition coefficient (Wildman–Crippen LogP) is 2.68. The molecule has 4 nitrogen and oxygen atoms in total. The lowest BCUT2D eigenvalue weighted by Gasteiger charge is -2.42. The third-order valence-electron chi connectivity index (χ3n) is 6.62. The number of carbonyl (C=O) groups excluding carboxylic acids is 1. The summed E-state index contributed by atoms with van der Waals surface area (Å²) in [5, 5.41) is 11.2. The molecule has 0 unspecified atom stereocenters. The maximum absolute atomic E-state index is 13.3. The summed E-state index contributed by atoms with van der Waals surface area (Å²) in [5.41, 5.74) is 0.217. The zero-order valence-corrected chi connectivity index (χ0v) is 13.9. The number of aliphatic hydroxyl groups is 1. The first-order valence-corrected chi connectivity index (χ1v) is 8.80. The van der Waals surface area contributed by atoms with E-state index in [0.29, 0.717) is 10.9 Å². The molecule has 5 rings (SSSR count).